The number of rotatable bonds is 6. The van der Waals surface area contributed by atoms with Crippen molar-refractivity contribution in [3.63, 3.8) is 0 Å². The first-order chi connectivity index (χ1) is 8.96. The molecule has 0 aliphatic rings. The molecule has 5 nitrogen and oxygen atoms in total. The van der Waals surface area contributed by atoms with Crippen LogP contribution in [0.15, 0.2) is 0 Å². The Labute approximate surface area is 119 Å². The van der Waals surface area contributed by atoms with Crippen LogP contribution in [0, 0.1) is 0 Å². The second-order valence-corrected chi connectivity index (χ2v) is 5.55. The van der Waals surface area contributed by atoms with Crippen LogP contribution in [-0.4, -0.2) is 42.0 Å². The summed E-state index contributed by atoms with van der Waals surface area (Å²) < 4.78 is 0. The highest BCUT2D eigenvalue weighted by Crippen LogP contribution is 2.29. The number of carbonyl (C=O) groups excluding carboxylic acids is 1. The molecule has 0 radical (unpaired) electrons. The van der Waals surface area contributed by atoms with Crippen LogP contribution in [0.1, 0.15) is 43.8 Å². The Balaban J connectivity index is 3.02. The molecule has 1 aromatic rings. The van der Waals surface area contributed by atoms with Gasteiger partial charge in [0.05, 0.1) is 0 Å². The predicted octanol–water partition coefficient (Wildman–Crippen LogP) is 2.44. The zero-order valence-electron chi connectivity index (χ0n) is 12.4. The zero-order chi connectivity index (χ0) is 14.6. The summed E-state index contributed by atoms with van der Waals surface area (Å²) in [5, 5.41) is 0.795. The fourth-order valence-electron chi connectivity index (χ4n) is 1.78. The minimum absolute atomic E-state index is 0.0115. The molecule has 1 heterocycles. The lowest BCUT2D eigenvalue weighted by Gasteiger charge is -2.26. The summed E-state index contributed by atoms with van der Waals surface area (Å²) in [5.41, 5.74) is 5.89. The van der Waals surface area contributed by atoms with Gasteiger partial charge in [0.25, 0.3) is 5.91 Å². The van der Waals surface area contributed by atoms with Crippen LogP contribution < -0.4 is 10.6 Å². The number of thiazole rings is 1. The minimum Gasteiger partial charge on any atom is -0.382 e. The topological polar surface area (TPSA) is 62.5 Å². The van der Waals surface area contributed by atoms with Crippen LogP contribution >= 0.6 is 11.3 Å². The van der Waals surface area contributed by atoms with E-state index in [9.17, 15) is 4.79 Å². The van der Waals surface area contributed by atoms with E-state index in [-0.39, 0.29) is 11.9 Å². The molecule has 6 heteroatoms. The van der Waals surface area contributed by atoms with E-state index < -0.39 is 0 Å². The van der Waals surface area contributed by atoms with Gasteiger partial charge in [-0.3, -0.25) is 4.79 Å². The fraction of sp³-hybridized carbons (Fsp3) is 0.692. The molecule has 0 saturated heterocycles. The van der Waals surface area contributed by atoms with E-state index in [0.29, 0.717) is 17.2 Å². The maximum Gasteiger partial charge on any atom is 0.268 e. The van der Waals surface area contributed by atoms with Crippen molar-refractivity contribution in [1.82, 2.24) is 9.88 Å². The fourth-order valence-corrected chi connectivity index (χ4v) is 2.74. The molecule has 0 aromatic carbocycles. The van der Waals surface area contributed by atoms with Gasteiger partial charge in [0.2, 0.25) is 0 Å². The lowest BCUT2D eigenvalue weighted by molar-refractivity contribution is 0.0706. The van der Waals surface area contributed by atoms with Gasteiger partial charge in [0, 0.05) is 26.2 Å². The molecule has 1 unspecified atom stereocenters. The summed E-state index contributed by atoms with van der Waals surface area (Å²) in [7, 11) is 1.94. The van der Waals surface area contributed by atoms with Gasteiger partial charge in [-0.2, -0.15) is 0 Å². The minimum atomic E-state index is -0.0115. The predicted molar refractivity (Wildman–Crippen MR) is 81.9 cm³/mol. The second kappa shape index (κ2) is 6.75. The Bertz CT molecular complexity index is 432. The zero-order valence-corrected chi connectivity index (χ0v) is 13.3. The SMILES string of the molecule is CCC(C)N(CC)C(=O)c1sc(N(C)CC)nc1N. The van der Waals surface area contributed by atoms with Crippen LogP contribution in [0.3, 0.4) is 0 Å². The number of nitrogen functional groups attached to an aromatic ring is 1. The molecular weight excluding hydrogens is 260 g/mol. The highest BCUT2D eigenvalue weighted by atomic mass is 32.1. The Hall–Kier alpha value is -1.30. The van der Waals surface area contributed by atoms with E-state index in [0.717, 1.165) is 18.1 Å². The summed E-state index contributed by atoms with van der Waals surface area (Å²) in [6, 6.07) is 0.214. The van der Waals surface area contributed by atoms with Crippen molar-refractivity contribution in [3.8, 4) is 0 Å². The Kier molecular flexibility index (Phi) is 5.60. The number of amides is 1. The normalized spacial score (nSPS) is 12.3. The van der Waals surface area contributed by atoms with E-state index in [1.807, 2.05) is 30.7 Å². The van der Waals surface area contributed by atoms with Crippen LogP contribution in [0.5, 0.6) is 0 Å². The van der Waals surface area contributed by atoms with Crippen LogP contribution in [0.2, 0.25) is 0 Å². The molecule has 0 spiro atoms. The van der Waals surface area contributed by atoms with Gasteiger partial charge in [-0.25, -0.2) is 4.98 Å². The van der Waals surface area contributed by atoms with Crippen LogP contribution in [0.4, 0.5) is 10.9 Å². The maximum atomic E-state index is 12.5. The second-order valence-electron chi connectivity index (χ2n) is 4.57. The molecule has 0 aliphatic heterocycles. The third kappa shape index (κ3) is 3.37. The van der Waals surface area contributed by atoms with Crippen molar-refractivity contribution in [1.29, 1.82) is 0 Å². The molecule has 0 bridgehead atoms. The molecule has 2 N–H and O–H groups in total. The molecule has 108 valence electrons. The van der Waals surface area contributed by atoms with E-state index in [1.54, 1.807) is 0 Å². The molecule has 1 aromatic heterocycles. The van der Waals surface area contributed by atoms with Gasteiger partial charge in [0.1, 0.15) is 10.7 Å². The van der Waals surface area contributed by atoms with Crippen LogP contribution in [0.25, 0.3) is 0 Å². The van der Waals surface area contributed by atoms with Crippen molar-refractivity contribution in [2.45, 2.75) is 40.2 Å². The lowest BCUT2D eigenvalue weighted by Crippen LogP contribution is -2.38. The van der Waals surface area contributed by atoms with Crippen molar-refractivity contribution in [2.24, 2.45) is 0 Å². The van der Waals surface area contributed by atoms with Gasteiger partial charge in [0.15, 0.2) is 5.13 Å². The molecule has 1 rings (SSSR count). The molecule has 1 atom stereocenters. The lowest BCUT2D eigenvalue weighted by atomic mass is 10.2. The largest absolute Gasteiger partial charge is 0.382 e. The molecule has 0 aliphatic carbocycles. The molecule has 19 heavy (non-hydrogen) atoms. The third-order valence-corrected chi connectivity index (χ3v) is 4.54. The standard InChI is InChI=1S/C13H24N4OS/c1-6-9(4)17(8-3)12(18)10-11(14)15-13(19-10)16(5)7-2/h9H,6-8,14H2,1-5H3. The monoisotopic (exact) mass is 284 g/mol. The molecule has 1 amide bonds. The molecule has 0 fully saturated rings. The summed E-state index contributed by atoms with van der Waals surface area (Å²) in [4.78, 5) is 21.2. The number of aromatic nitrogens is 1. The van der Waals surface area contributed by atoms with Crippen molar-refractivity contribution in [2.75, 3.05) is 30.8 Å². The smallest absolute Gasteiger partial charge is 0.268 e. The van der Waals surface area contributed by atoms with Gasteiger partial charge in [-0.1, -0.05) is 18.3 Å². The van der Waals surface area contributed by atoms with Gasteiger partial charge >= 0.3 is 0 Å². The van der Waals surface area contributed by atoms with Gasteiger partial charge in [-0.05, 0) is 27.2 Å². The van der Waals surface area contributed by atoms with E-state index in [4.69, 9.17) is 5.73 Å². The quantitative estimate of drug-likeness (QED) is 0.871. The summed E-state index contributed by atoms with van der Waals surface area (Å²) in [6.45, 7) is 9.68. The summed E-state index contributed by atoms with van der Waals surface area (Å²) in [6.07, 6.45) is 0.931. The summed E-state index contributed by atoms with van der Waals surface area (Å²) in [5.74, 6) is 0.328. The maximum absolute atomic E-state index is 12.5. The molecule has 0 saturated carbocycles. The van der Waals surface area contributed by atoms with Gasteiger partial charge < -0.3 is 15.5 Å². The number of nitrogens with zero attached hydrogens (tertiary/aromatic N) is 3. The Morgan fingerprint density at radius 1 is 1.37 bits per heavy atom. The highest BCUT2D eigenvalue weighted by molar-refractivity contribution is 7.18. The van der Waals surface area contributed by atoms with E-state index in [1.165, 1.54) is 11.3 Å². The average Bonchev–Trinajstić information content (AvgIpc) is 2.80. The number of hydrogen-bond donors (Lipinski definition) is 1. The van der Waals surface area contributed by atoms with E-state index >= 15 is 0 Å². The van der Waals surface area contributed by atoms with Crippen molar-refractivity contribution in [3.05, 3.63) is 4.88 Å². The van der Waals surface area contributed by atoms with Crippen molar-refractivity contribution >= 4 is 28.2 Å². The van der Waals surface area contributed by atoms with Crippen LogP contribution in [-0.2, 0) is 0 Å². The Morgan fingerprint density at radius 2 is 2.00 bits per heavy atom. The first-order valence-corrected chi connectivity index (χ1v) is 7.56. The first-order valence-electron chi connectivity index (χ1n) is 6.74. The van der Waals surface area contributed by atoms with E-state index in [2.05, 4.69) is 18.8 Å². The van der Waals surface area contributed by atoms with Gasteiger partial charge in [-0.15, -0.1) is 0 Å². The summed E-state index contributed by atoms with van der Waals surface area (Å²) >= 11 is 1.37. The average molecular weight is 284 g/mol. The molecular formula is C13H24N4OS. The first kappa shape index (κ1) is 15.8. The highest BCUT2D eigenvalue weighted by Gasteiger charge is 2.24. The Morgan fingerprint density at radius 3 is 2.47 bits per heavy atom. The number of hydrogen-bond acceptors (Lipinski definition) is 5. The number of nitrogens with two attached hydrogens (primary N) is 1. The number of carbonyl (C=O) groups is 1. The third-order valence-electron chi connectivity index (χ3n) is 3.36. The van der Waals surface area contributed by atoms with Crippen molar-refractivity contribution < 1.29 is 4.79 Å². The number of anilines is 2.